The number of sulfonamides is 1. The third-order valence-electron chi connectivity index (χ3n) is 3.16. The Kier molecular flexibility index (Phi) is 7.86. The minimum absolute atomic E-state index is 0. The molecule has 0 atom stereocenters. The molecule has 0 unspecified atom stereocenters. The van der Waals surface area contributed by atoms with E-state index in [-0.39, 0.29) is 29.6 Å². The fourth-order valence-electron chi connectivity index (χ4n) is 1.80. The van der Waals surface area contributed by atoms with E-state index in [0.29, 0.717) is 10.8 Å². The van der Waals surface area contributed by atoms with Crippen LogP contribution in [0.2, 0.25) is 0 Å². The molecule has 6 nitrogen and oxygen atoms in total. The van der Waals surface area contributed by atoms with Gasteiger partial charge in [-0.05, 0) is 18.6 Å². The van der Waals surface area contributed by atoms with Gasteiger partial charge in [-0.3, -0.25) is 4.72 Å². The van der Waals surface area contributed by atoms with Crippen LogP contribution < -0.4 is 34.3 Å². The van der Waals surface area contributed by atoms with Crippen LogP contribution in [-0.4, -0.2) is 44.7 Å². The van der Waals surface area contributed by atoms with Gasteiger partial charge in [-0.15, -0.1) is 0 Å². The van der Waals surface area contributed by atoms with Crippen molar-refractivity contribution in [3.63, 3.8) is 0 Å². The maximum Gasteiger partial charge on any atom is 1.00 e. The molecule has 0 radical (unpaired) electrons. The molecule has 18 heteroatoms. The summed E-state index contributed by atoms with van der Waals surface area (Å²) in [6, 6.07) is 1.92. The molecule has 0 aliphatic carbocycles. The van der Waals surface area contributed by atoms with Gasteiger partial charge in [0.15, 0.2) is 0 Å². The van der Waals surface area contributed by atoms with Gasteiger partial charge in [0.2, 0.25) is 0 Å². The Morgan fingerprint density at radius 1 is 0.862 bits per heavy atom. The number of rotatable bonds is 6. The van der Waals surface area contributed by atoms with Crippen LogP contribution in [0.4, 0.5) is 45.2 Å². The molecule has 0 heterocycles. The zero-order valence-corrected chi connectivity index (χ0v) is 17.6. The summed E-state index contributed by atoms with van der Waals surface area (Å²) in [5.41, 5.74) is -2.12. The largest absolute Gasteiger partial charge is 1.00 e. The molecule has 0 saturated heterocycles. The van der Waals surface area contributed by atoms with Crippen molar-refractivity contribution in [3.05, 3.63) is 23.8 Å². The van der Waals surface area contributed by atoms with Gasteiger partial charge in [-0.25, -0.2) is 8.42 Å². The third kappa shape index (κ3) is 4.79. The van der Waals surface area contributed by atoms with Crippen LogP contribution in [0, 0.1) is 6.92 Å². The molecule has 0 spiro atoms. The van der Waals surface area contributed by atoms with Crippen molar-refractivity contribution in [3.8, 4) is 0 Å². The van der Waals surface area contributed by atoms with E-state index in [9.17, 15) is 60.9 Å². The number of hydrogen-bond donors (Lipinski definition) is 1. The molecule has 0 aliphatic heterocycles. The molecule has 0 fully saturated rings. The van der Waals surface area contributed by atoms with Crippen LogP contribution in [0.15, 0.2) is 23.1 Å². The monoisotopic (exact) mass is 491 g/mol. The van der Waals surface area contributed by atoms with Gasteiger partial charge in [0, 0.05) is 0 Å². The maximum absolute atomic E-state index is 13.6. The van der Waals surface area contributed by atoms with Gasteiger partial charge in [0.05, 0.1) is 10.6 Å². The quantitative estimate of drug-likeness (QED) is 0.345. The van der Waals surface area contributed by atoms with Gasteiger partial charge in [-0.2, -0.15) is 47.9 Å². The normalized spacial score (nSPS) is 14.3. The predicted octanol–water partition coefficient (Wildman–Crippen LogP) is 0.0705. The minimum atomic E-state index is -7.51. The van der Waals surface area contributed by atoms with E-state index in [0.717, 1.165) is 19.1 Å². The summed E-state index contributed by atoms with van der Waals surface area (Å²) in [6.45, 7) is 0.854. The van der Waals surface area contributed by atoms with Crippen LogP contribution in [-0.2, 0) is 20.1 Å². The molecule has 1 N–H and O–H groups in total. The predicted molar refractivity (Wildman–Crippen MR) is 72.6 cm³/mol. The Morgan fingerprint density at radius 2 is 1.31 bits per heavy atom. The van der Waals surface area contributed by atoms with Gasteiger partial charge in [0.25, 0.3) is 0 Å². The first-order valence-corrected chi connectivity index (χ1v) is 9.28. The minimum Gasteiger partial charge on any atom is -0.744 e. The maximum atomic E-state index is 13.6. The standard InChI is InChI=1S/C11H8F9NO5S2.Na/c1-5-3-2-4-6(7(5)27(22,23)24)21-28(25,26)11(19,20)9(14,15)8(12,13)10(16,17)18;/h2-4,21H,1H3,(H,22,23,24);/q;+1/p-1. The Bertz CT molecular complexity index is 977. The first-order valence-electron chi connectivity index (χ1n) is 6.39. The van der Waals surface area contributed by atoms with Crippen molar-refractivity contribution in [2.24, 2.45) is 0 Å². The second kappa shape index (κ2) is 8.07. The number of hydrogen-bond acceptors (Lipinski definition) is 5. The summed E-state index contributed by atoms with van der Waals surface area (Å²) < 4.78 is 172. The molecular weight excluding hydrogens is 484 g/mol. The van der Waals surface area contributed by atoms with Crippen LogP contribution in [0.1, 0.15) is 5.56 Å². The fourth-order valence-corrected chi connectivity index (χ4v) is 3.77. The average molecular weight is 491 g/mol. The summed E-state index contributed by atoms with van der Waals surface area (Å²) >= 11 is 0. The van der Waals surface area contributed by atoms with Crippen molar-refractivity contribution in [1.82, 2.24) is 0 Å². The first kappa shape index (κ1) is 28.2. The number of anilines is 1. The Morgan fingerprint density at radius 3 is 1.69 bits per heavy atom. The fraction of sp³-hybridized carbons (Fsp3) is 0.455. The summed E-state index contributed by atoms with van der Waals surface area (Å²) in [5.74, 6) is -15.0. The first-order chi connectivity index (χ1) is 12.1. The van der Waals surface area contributed by atoms with Crippen molar-refractivity contribution in [1.29, 1.82) is 0 Å². The van der Waals surface area contributed by atoms with Crippen LogP contribution in [0.3, 0.4) is 0 Å². The van der Waals surface area contributed by atoms with Crippen molar-refractivity contribution in [2.45, 2.75) is 35.1 Å². The van der Waals surface area contributed by atoms with E-state index in [1.165, 1.54) is 0 Å². The molecular formula is C11H7F9NNaO5S2. The number of halogens is 9. The van der Waals surface area contributed by atoms with Crippen LogP contribution in [0.5, 0.6) is 0 Å². The van der Waals surface area contributed by atoms with E-state index in [2.05, 4.69) is 0 Å². The van der Waals surface area contributed by atoms with E-state index < -0.39 is 59.6 Å². The third-order valence-corrected chi connectivity index (χ3v) is 5.62. The summed E-state index contributed by atoms with van der Waals surface area (Å²) in [4.78, 5) is -1.53. The van der Waals surface area contributed by atoms with Gasteiger partial charge >= 0.3 is 62.9 Å². The second-order valence-corrected chi connectivity index (χ2v) is 8.21. The smallest absolute Gasteiger partial charge is 0.744 e. The molecule has 162 valence electrons. The molecule has 0 bridgehead atoms. The van der Waals surface area contributed by atoms with E-state index in [4.69, 9.17) is 0 Å². The number of alkyl halides is 9. The van der Waals surface area contributed by atoms with Gasteiger partial charge < -0.3 is 4.55 Å². The van der Waals surface area contributed by atoms with Gasteiger partial charge in [0.1, 0.15) is 10.1 Å². The summed E-state index contributed by atoms with van der Waals surface area (Å²) in [7, 11) is -12.7. The number of aryl methyl sites for hydroxylation is 1. The zero-order valence-electron chi connectivity index (χ0n) is 14.0. The zero-order chi connectivity index (χ0) is 22.6. The Hall–Kier alpha value is -0.750. The topological polar surface area (TPSA) is 103 Å². The van der Waals surface area contributed by atoms with E-state index in [1.807, 2.05) is 0 Å². The number of nitrogens with one attached hydrogen (secondary N) is 1. The molecule has 1 aromatic carbocycles. The van der Waals surface area contributed by atoms with Gasteiger partial charge in [-0.1, -0.05) is 12.1 Å². The molecule has 29 heavy (non-hydrogen) atoms. The summed E-state index contributed by atoms with van der Waals surface area (Å²) in [6.07, 6.45) is -7.26. The molecule has 1 aromatic rings. The van der Waals surface area contributed by atoms with Crippen LogP contribution >= 0.6 is 0 Å². The Labute approximate surface area is 179 Å². The average Bonchev–Trinajstić information content (AvgIpc) is 2.43. The molecule has 1 rings (SSSR count). The number of benzene rings is 1. The second-order valence-electron chi connectivity index (χ2n) is 5.17. The van der Waals surface area contributed by atoms with Crippen molar-refractivity contribution < 1.29 is 90.5 Å². The molecule has 0 aromatic heterocycles. The SMILES string of the molecule is Cc1cccc(NS(=O)(=O)C(F)(F)C(F)(F)C(F)(F)C(F)(F)F)c1S(=O)(=O)[O-].[Na+]. The van der Waals surface area contributed by atoms with Crippen molar-refractivity contribution in [2.75, 3.05) is 4.72 Å². The molecule has 0 saturated carbocycles. The molecule has 0 aliphatic rings. The Balaban J connectivity index is 0.00000784. The van der Waals surface area contributed by atoms with E-state index in [1.54, 1.807) is 0 Å². The van der Waals surface area contributed by atoms with E-state index >= 15 is 0 Å². The van der Waals surface area contributed by atoms with Crippen molar-refractivity contribution >= 4 is 25.8 Å². The summed E-state index contributed by atoms with van der Waals surface area (Å²) in [5, 5.41) is -7.09. The van der Waals surface area contributed by atoms with Crippen LogP contribution in [0.25, 0.3) is 0 Å². The molecule has 0 amide bonds.